The summed E-state index contributed by atoms with van der Waals surface area (Å²) in [5.41, 5.74) is 0. The van der Waals surface area contributed by atoms with Gasteiger partial charge in [-0.05, 0) is 32.4 Å². The van der Waals surface area contributed by atoms with Crippen LogP contribution < -0.4 is 5.32 Å². The lowest BCUT2D eigenvalue weighted by atomic mass is 10.1. The summed E-state index contributed by atoms with van der Waals surface area (Å²) in [4.78, 5) is 2.46. The Balaban J connectivity index is 0.00000112. The van der Waals surface area contributed by atoms with Crippen LogP contribution in [0.1, 0.15) is 26.2 Å². The number of hydrogen-bond donors (Lipinski definition) is 1. The smallest absolute Gasteiger partial charge is 0.109 e. The summed E-state index contributed by atoms with van der Waals surface area (Å²) < 4.78 is 5.76. The lowest BCUT2D eigenvalue weighted by Gasteiger charge is -2.31. The summed E-state index contributed by atoms with van der Waals surface area (Å²) in [6, 6.07) is 0.737. The number of nitrogens with one attached hydrogen (secondary N) is 1. The Morgan fingerprint density at radius 3 is 2.80 bits per heavy atom. The van der Waals surface area contributed by atoms with E-state index in [1.807, 2.05) is 0 Å². The fourth-order valence-electron chi connectivity index (χ4n) is 2.41. The molecule has 2 rings (SSSR count). The van der Waals surface area contributed by atoms with E-state index in [1.54, 1.807) is 0 Å². The van der Waals surface area contributed by atoms with E-state index in [0.717, 1.165) is 25.6 Å². The predicted molar refractivity (Wildman–Crippen MR) is 64.4 cm³/mol. The Kier molecular flexibility index (Phi) is 5.33. The average Bonchev–Trinajstić information content (AvgIpc) is 2.56. The van der Waals surface area contributed by atoms with Gasteiger partial charge < -0.3 is 9.64 Å². The van der Waals surface area contributed by atoms with Gasteiger partial charge in [0.25, 0.3) is 0 Å². The van der Waals surface area contributed by atoms with E-state index in [2.05, 4.69) is 24.2 Å². The van der Waals surface area contributed by atoms with Gasteiger partial charge in [0.15, 0.2) is 0 Å². The summed E-state index contributed by atoms with van der Waals surface area (Å²) in [6.07, 6.45) is 4.15. The van der Waals surface area contributed by atoms with Crippen molar-refractivity contribution >= 4 is 12.4 Å². The Labute approximate surface area is 99.0 Å². The van der Waals surface area contributed by atoms with Gasteiger partial charge in [0, 0.05) is 19.0 Å². The van der Waals surface area contributed by atoms with Crippen LogP contribution in [0.25, 0.3) is 0 Å². The lowest BCUT2D eigenvalue weighted by Crippen LogP contribution is -2.45. The molecule has 3 nitrogen and oxygen atoms in total. The van der Waals surface area contributed by atoms with Gasteiger partial charge >= 0.3 is 0 Å². The fourth-order valence-corrected chi connectivity index (χ4v) is 2.41. The molecule has 15 heavy (non-hydrogen) atoms. The highest BCUT2D eigenvalue weighted by molar-refractivity contribution is 5.85. The molecule has 2 heterocycles. The first-order valence-electron chi connectivity index (χ1n) is 5.81. The van der Waals surface area contributed by atoms with Crippen LogP contribution in [0.2, 0.25) is 0 Å². The molecule has 0 amide bonds. The Bertz CT molecular complexity index is 183. The third-order valence-corrected chi connectivity index (χ3v) is 3.43. The molecule has 0 radical (unpaired) electrons. The highest BCUT2D eigenvalue weighted by atomic mass is 35.5. The second-order valence-corrected chi connectivity index (χ2v) is 4.85. The van der Waals surface area contributed by atoms with Crippen LogP contribution in [0.15, 0.2) is 0 Å². The summed E-state index contributed by atoms with van der Waals surface area (Å²) >= 11 is 0. The van der Waals surface area contributed by atoms with Gasteiger partial charge in [0.1, 0.15) is 6.23 Å². The summed E-state index contributed by atoms with van der Waals surface area (Å²) in [5, 5.41) is 3.47. The molecule has 0 aromatic carbocycles. The number of nitrogens with zero attached hydrogens (tertiary/aromatic N) is 1. The largest absolute Gasteiger partial charge is 0.363 e. The zero-order valence-corrected chi connectivity index (χ0v) is 10.6. The van der Waals surface area contributed by atoms with Gasteiger partial charge in [-0.1, -0.05) is 6.92 Å². The van der Waals surface area contributed by atoms with E-state index in [1.165, 1.54) is 19.4 Å². The molecule has 0 spiro atoms. The van der Waals surface area contributed by atoms with E-state index in [4.69, 9.17) is 4.74 Å². The number of halogens is 1. The van der Waals surface area contributed by atoms with Crippen LogP contribution in [0.3, 0.4) is 0 Å². The zero-order chi connectivity index (χ0) is 9.97. The van der Waals surface area contributed by atoms with Crippen molar-refractivity contribution in [1.29, 1.82) is 0 Å². The first-order chi connectivity index (χ1) is 6.75. The maximum absolute atomic E-state index is 5.76. The van der Waals surface area contributed by atoms with E-state index in [9.17, 15) is 0 Å². The quantitative estimate of drug-likeness (QED) is 0.784. The molecule has 0 bridgehead atoms. The number of hydrogen-bond acceptors (Lipinski definition) is 3. The second-order valence-electron chi connectivity index (χ2n) is 4.85. The molecule has 0 aliphatic carbocycles. The minimum absolute atomic E-state index is 0. The summed E-state index contributed by atoms with van der Waals surface area (Å²) in [6.45, 7) is 5.52. The normalized spacial score (nSPS) is 37.6. The molecule has 2 saturated heterocycles. The van der Waals surface area contributed by atoms with Crippen LogP contribution in [0.4, 0.5) is 0 Å². The SMILES string of the molecule is CC1CNC(CC2CCCN2C)OC1.Cl. The molecule has 90 valence electrons. The maximum Gasteiger partial charge on any atom is 0.109 e. The zero-order valence-electron chi connectivity index (χ0n) is 9.74. The molecule has 2 fully saturated rings. The molecule has 2 aliphatic rings. The van der Waals surface area contributed by atoms with Crippen LogP contribution >= 0.6 is 12.4 Å². The van der Waals surface area contributed by atoms with Crippen molar-refractivity contribution in [3.8, 4) is 0 Å². The average molecular weight is 235 g/mol. The first-order valence-corrected chi connectivity index (χ1v) is 5.81. The molecule has 0 saturated carbocycles. The topological polar surface area (TPSA) is 24.5 Å². The third-order valence-electron chi connectivity index (χ3n) is 3.43. The standard InChI is InChI=1S/C11H22N2O.ClH/c1-9-7-12-11(14-8-9)6-10-4-3-5-13(10)2;/h9-12H,3-8H2,1-2H3;1H. The van der Waals surface area contributed by atoms with Crippen molar-refractivity contribution in [2.75, 3.05) is 26.7 Å². The van der Waals surface area contributed by atoms with Crippen molar-refractivity contribution < 1.29 is 4.74 Å². The van der Waals surface area contributed by atoms with Crippen molar-refractivity contribution in [3.05, 3.63) is 0 Å². The minimum Gasteiger partial charge on any atom is -0.363 e. The molecule has 4 heteroatoms. The van der Waals surface area contributed by atoms with Crippen molar-refractivity contribution in [1.82, 2.24) is 10.2 Å². The van der Waals surface area contributed by atoms with Gasteiger partial charge in [-0.2, -0.15) is 0 Å². The van der Waals surface area contributed by atoms with E-state index in [0.29, 0.717) is 12.1 Å². The minimum atomic E-state index is 0. The summed E-state index contributed by atoms with van der Waals surface area (Å²) in [7, 11) is 2.23. The number of ether oxygens (including phenoxy) is 1. The number of rotatable bonds is 2. The Hall–Kier alpha value is 0.170. The molecule has 3 atom stereocenters. The Morgan fingerprint density at radius 2 is 2.27 bits per heavy atom. The molecule has 1 N–H and O–H groups in total. The monoisotopic (exact) mass is 234 g/mol. The first kappa shape index (κ1) is 13.2. The van der Waals surface area contributed by atoms with Crippen molar-refractivity contribution in [2.45, 2.75) is 38.5 Å². The van der Waals surface area contributed by atoms with E-state index in [-0.39, 0.29) is 12.4 Å². The van der Waals surface area contributed by atoms with Crippen LogP contribution in [-0.4, -0.2) is 43.9 Å². The van der Waals surface area contributed by atoms with E-state index < -0.39 is 0 Å². The molecule has 3 unspecified atom stereocenters. The maximum atomic E-state index is 5.76. The number of likely N-dealkylation sites (tertiary alicyclic amines) is 1. The van der Waals surface area contributed by atoms with Gasteiger partial charge in [-0.25, -0.2) is 0 Å². The highest BCUT2D eigenvalue weighted by Gasteiger charge is 2.26. The van der Waals surface area contributed by atoms with Gasteiger partial charge in [0.05, 0.1) is 6.61 Å². The second kappa shape index (κ2) is 6.04. The van der Waals surface area contributed by atoms with Gasteiger partial charge in [-0.3, -0.25) is 5.32 Å². The Morgan fingerprint density at radius 1 is 1.47 bits per heavy atom. The molecule has 2 aliphatic heterocycles. The fraction of sp³-hybridized carbons (Fsp3) is 1.00. The molecular weight excluding hydrogens is 212 g/mol. The summed E-state index contributed by atoms with van der Waals surface area (Å²) in [5.74, 6) is 0.674. The van der Waals surface area contributed by atoms with Gasteiger partial charge in [-0.15, -0.1) is 12.4 Å². The van der Waals surface area contributed by atoms with Crippen molar-refractivity contribution in [3.63, 3.8) is 0 Å². The predicted octanol–water partition coefficient (Wildman–Crippen LogP) is 1.47. The lowest BCUT2D eigenvalue weighted by molar-refractivity contribution is -0.0371. The van der Waals surface area contributed by atoms with Gasteiger partial charge in [0.2, 0.25) is 0 Å². The van der Waals surface area contributed by atoms with Crippen LogP contribution in [0, 0.1) is 5.92 Å². The van der Waals surface area contributed by atoms with Crippen LogP contribution in [-0.2, 0) is 4.74 Å². The van der Waals surface area contributed by atoms with Crippen LogP contribution in [0.5, 0.6) is 0 Å². The molecular formula is C11H23ClN2O. The van der Waals surface area contributed by atoms with Crippen molar-refractivity contribution in [2.24, 2.45) is 5.92 Å². The molecule has 0 aromatic rings. The molecule has 0 aromatic heterocycles. The highest BCUT2D eigenvalue weighted by Crippen LogP contribution is 2.20. The third kappa shape index (κ3) is 3.59. The van der Waals surface area contributed by atoms with E-state index >= 15 is 0 Å².